The van der Waals surface area contributed by atoms with E-state index in [0.29, 0.717) is 5.69 Å². The molecule has 3 aromatic rings. The van der Waals surface area contributed by atoms with Crippen molar-refractivity contribution in [3.05, 3.63) is 64.1 Å². The Bertz CT molecular complexity index is 1110. The predicted octanol–water partition coefficient (Wildman–Crippen LogP) is 0.300. The highest BCUT2D eigenvalue weighted by Gasteiger charge is 2.16. The number of ether oxygens (including phenoxy) is 1. The highest BCUT2D eigenvalue weighted by molar-refractivity contribution is 5.82. The summed E-state index contributed by atoms with van der Waals surface area (Å²) >= 11 is 0. The van der Waals surface area contributed by atoms with Crippen molar-refractivity contribution >= 4 is 17.0 Å². The van der Waals surface area contributed by atoms with Crippen LogP contribution in [0, 0.1) is 0 Å². The summed E-state index contributed by atoms with van der Waals surface area (Å²) < 4.78 is 7.62. The Morgan fingerprint density at radius 3 is 2.73 bits per heavy atom. The molecular weight excluding hydrogens is 348 g/mol. The van der Waals surface area contributed by atoms with Gasteiger partial charge < -0.3 is 24.3 Å². The molecule has 0 radical (unpaired) electrons. The van der Waals surface area contributed by atoms with Crippen LogP contribution in [0.4, 0.5) is 0 Å². The van der Waals surface area contributed by atoms with Gasteiger partial charge in [-0.1, -0.05) is 0 Å². The summed E-state index contributed by atoms with van der Waals surface area (Å²) in [5, 5.41) is 17.7. The average molecular weight is 360 g/mol. The number of nitrogens with one attached hydrogen (secondary N) is 1. The standard InChI is InChI=1S/C15H12N4O7/c1-8(26-24)25-12-4-9-10(5-11(12)18-3-2-16-7-18)19(6-13(20)21)15(23)14(22)17-9/h2-5,7,24H,1,6H2,(H,17,22)(H,20,21). The van der Waals surface area contributed by atoms with Crippen LogP contribution in [0.1, 0.15) is 0 Å². The highest BCUT2D eigenvalue weighted by atomic mass is 17.1. The number of nitrogens with zero attached hydrogens (tertiary/aromatic N) is 3. The topological polar surface area (TPSA) is 149 Å². The number of carboxylic acids is 1. The third kappa shape index (κ3) is 3.06. The molecular formula is C15H12N4O7. The summed E-state index contributed by atoms with van der Waals surface area (Å²) in [5.74, 6) is -1.62. The van der Waals surface area contributed by atoms with E-state index in [1.807, 2.05) is 0 Å². The number of hydrogen-bond acceptors (Lipinski definition) is 7. The van der Waals surface area contributed by atoms with Gasteiger partial charge in [0.2, 0.25) is 0 Å². The average Bonchev–Trinajstić information content (AvgIpc) is 3.12. The van der Waals surface area contributed by atoms with Crippen LogP contribution in [0.5, 0.6) is 5.75 Å². The number of carbonyl (C=O) groups is 1. The van der Waals surface area contributed by atoms with Crippen molar-refractivity contribution in [3.63, 3.8) is 0 Å². The minimum absolute atomic E-state index is 0.103. The van der Waals surface area contributed by atoms with Crippen LogP contribution in [0.2, 0.25) is 0 Å². The summed E-state index contributed by atoms with van der Waals surface area (Å²) in [6, 6.07) is 2.77. The molecule has 0 saturated heterocycles. The van der Waals surface area contributed by atoms with Gasteiger partial charge in [0.25, 0.3) is 0 Å². The number of imidazole rings is 1. The minimum atomic E-state index is -1.29. The predicted molar refractivity (Wildman–Crippen MR) is 87.1 cm³/mol. The van der Waals surface area contributed by atoms with Gasteiger partial charge in [0.05, 0.1) is 23.0 Å². The zero-order chi connectivity index (χ0) is 18.8. The molecule has 0 fully saturated rings. The first kappa shape index (κ1) is 17.0. The summed E-state index contributed by atoms with van der Waals surface area (Å²) in [7, 11) is 0. The zero-order valence-electron chi connectivity index (χ0n) is 13.1. The summed E-state index contributed by atoms with van der Waals surface area (Å²) in [6.07, 6.45) is 4.49. The molecule has 0 saturated carbocycles. The van der Waals surface area contributed by atoms with Crippen molar-refractivity contribution in [1.82, 2.24) is 19.1 Å². The molecule has 1 aromatic carbocycles. The maximum atomic E-state index is 12.1. The molecule has 134 valence electrons. The third-order valence-electron chi connectivity index (χ3n) is 3.46. The van der Waals surface area contributed by atoms with Crippen LogP contribution >= 0.6 is 0 Å². The van der Waals surface area contributed by atoms with Crippen molar-refractivity contribution in [3.8, 4) is 11.4 Å². The summed E-state index contributed by atoms with van der Waals surface area (Å²) in [4.78, 5) is 45.1. The molecule has 0 unspecified atom stereocenters. The fourth-order valence-corrected chi connectivity index (χ4v) is 2.41. The van der Waals surface area contributed by atoms with E-state index in [4.69, 9.17) is 15.1 Å². The first-order valence-corrected chi connectivity index (χ1v) is 7.10. The number of aromatic nitrogens is 4. The Balaban J connectivity index is 2.34. The Morgan fingerprint density at radius 1 is 1.35 bits per heavy atom. The summed E-state index contributed by atoms with van der Waals surface area (Å²) in [5.41, 5.74) is -1.37. The largest absolute Gasteiger partial charge is 0.480 e. The first-order valence-electron chi connectivity index (χ1n) is 7.10. The van der Waals surface area contributed by atoms with E-state index in [0.717, 1.165) is 4.57 Å². The molecule has 0 bridgehead atoms. The van der Waals surface area contributed by atoms with Crippen LogP contribution in [-0.2, 0) is 16.2 Å². The first-order chi connectivity index (χ1) is 12.4. The van der Waals surface area contributed by atoms with Gasteiger partial charge in [-0.2, -0.15) is 5.26 Å². The molecule has 0 amide bonds. The number of H-pyrrole nitrogens is 1. The van der Waals surface area contributed by atoms with Gasteiger partial charge in [-0.3, -0.25) is 19.0 Å². The van der Waals surface area contributed by atoms with Gasteiger partial charge >= 0.3 is 23.0 Å². The SMILES string of the molecule is C=C(OO)Oc1cc2[nH]c(=O)c(=O)n(CC(=O)O)c2cc1-n1ccnc1. The molecule has 11 nitrogen and oxygen atoms in total. The van der Waals surface area contributed by atoms with E-state index < -0.39 is 29.6 Å². The molecule has 0 spiro atoms. The van der Waals surface area contributed by atoms with Crippen molar-refractivity contribution in [2.45, 2.75) is 6.54 Å². The monoisotopic (exact) mass is 360 g/mol. The number of carboxylic acid groups (broad SMARTS) is 1. The smallest absolute Gasteiger partial charge is 0.323 e. The second-order valence-electron chi connectivity index (χ2n) is 5.11. The normalized spacial score (nSPS) is 10.7. The molecule has 26 heavy (non-hydrogen) atoms. The fraction of sp³-hybridized carbons (Fsp3) is 0.0667. The Labute approximate surface area is 143 Å². The van der Waals surface area contributed by atoms with Crippen molar-refractivity contribution in [2.24, 2.45) is 0 Å². The van der Waals surface area contributed by atoms with Gasteiger partial charge in [0.1, 0.15) is 6.54 Å². The molecule has 11 heteroatoms. The number of aromatic amines is 1. The Hall–Kier alpha value is -3.86. The molecule has 0 aliphatic rings. The van der Waals surface area contributed by atoms with Crippen LogP contribution in [0.3, 0.4) is 0 Å². The van der Waals surface area contributed by atoms with Crippen molar-refractivity contribution < 1.29 is 24.8 Å². The maximum absolute atomic E-state index is 12.1. The number of aliphatic carboxylic acids is 1. The van der Waals surface area contributed by atoms with E-state index in [9.17, 15) is 14.4 Å². The lowest BCUT2D eigenvalue weighted by molar-refractivity contribution is -0.230. The molecule has 3 N–H and O–H groups in total. The highest BCUT2D eigenvalue weighted by Crippen LogP contribution is 2.29. The van der Waals surface area contributed by atoms with Crippen LogP contribution in [0.25, 0.3) is 16.7 Å². The molecule has 0 atom stereocenters. The Morgan fingerprint density at radius 2 is 2.12 bits per heavy atom. The second-order valence-corrected chi connectivity index (χ2v) is 5.11. The fourth-order valence-electron chi connectivity index (χ4n) is 2.41. The lowest BCUT2D eigenvalue weighted by Crippen LogP contribution is -2.37. The van der Waals surface area contributed by atoms with E-state index in [-0.39, 0.29) is 16.8 Å². The molecule has 0 aliphatic heterocycles. The molecule has 3 rings (SSSR count). The number of fused-ring (bicyclic) bond motifs is 1. The quantitative estimate of drug-likeness (QED) is 0.246. The number of benzene rings is 1. The van der Waals surface area contributed by atoms with E-state index in [1.165, 1.54) is 29.2 Å². The lowest BCUT2D eigenvalue weighted by atomic mass is 10.2. The van der Waals surface area contributed by atoms with Crippen LogP contribution < -0.4 is 15.9 Å². The van der Waals surface area contributed by atoms with Crippen molar-refractivity contribution in [2.75, 3.05) is 0 Å². The summed E-state index contributed by atoms with van der Waals surface area (Å²) in [6.45, 7) is 2.64. The molecule has 2 aromatic heterocycles. The molecule has 0 aliphatic carbocycles. The molecule has 2 heterocycles. The van der Waals surface area contributed by atoms with Crippen LogP contribution in [0.15, 0.2) is 53.0 Å². The van der Waals surface area contributed by atoms with Gasteiger partial charge in [-0.25, -0.2) is 4.98 Å². The van der Waals surface area contributed by atoms with E-state index in [2.05, 4.69) is 21.4 Å². The lowest BCUT2D eigenvalue weighted by Gasteiger charge is -2.14. The van der Waals surface area contributed by atoms with E-state index in [1.54, 1.807) is 6.20 Å². The second kappa shape index (κ2) is 6.57. The third-order valence-corrected chi connectivity index (χ3v) is 3.46. The Kier molecular flexibility index (Phi) is 4.29. The van der Waals surface area contributed by atoms with Gasteiger partial charge in [-0.05, 0) is 12.6 Å². The number of hydrogen-bond donors (Lipinski definition) is 3. The number of rotatable bonds is 6. The van der Waals surface area contributed by atoms with Gasteiger partial charge in [-0.15, -0.1) is 0 Å². The van der Waals surface area contributed by atoms with Crippen LogP contribution in [-0.4, -0.2) is 35.4 Å². The minimum Gasteiger partial charge on any atom is -0.480 e. The van der Waals surface area contributed by atoms with E-state index >= 15 is 0 Å². The van der Waals surface area contributed by atoms with Crippen molar-refractivity contribution in [1.29, 1.82) is 0 Å². The van der Waals surface area contributed by atoms with Gasteiger partial charge in [0.15, 0.2) is 5.75 Å². The zero-order valence-corrected chi connectivity index (χ0v) is 13.1. The van der Waals surface area contributed by atoms with Gasteiger partial charge in [0, 0.05) is 18.5 Å². The maximum Gasteiger partial charge on any atom is 0.323 e.